The lowest BCUT2D eigenvalue weighted by atomic mass is 10.1. The average Bonchev–Trinajstić information content (AvgIpc) is 3.17. The molecule has 156 valence electrons. The summed E-state index contributed by atoms with van der Waals surface area (Å²) in [6.07, 6.45) is 0.861. The second-order valence-electron chi connectivity index (χ2n) is 6.35. The summed E-state index contributed by atoms with van der Waals surface area (Å²) in [5.41, 5.74) is 2.07. The van der Waals surface area contributed by atoms with Gasteiger partial charge < -0.3 is 10.1 Å². The second-order valence-corrected chi connectivity index (χ2v) is 8.02. The molecular weight excluding hydrogens is 445 g/mol. The number of nitrogens with one attached hydrogen (secondary N) is 2. The number of anilines is 1. The minimum atomic E-state index is -0.349. The molecule has 0 bridgehead atoms. The number of carbonyl (C=O) groups excluding carboxylic acids is 2. The summed E-state index contributed by atoms with van der Waals surface area (Å²) in [6, 6.07) is 12.3. The quantitative estimate of drug-likeness (QED) is 0.510. The third-order valence-corrected chi connectivity index (χ3v) is 5.74. The number of hydrogen-bond donors (Lipinski definition) is 2. The molecule has 2 N–H and O–H groups in total. The number of halogens is 2. The van der Waals surface area contributed by atoms with Gasteiger partial charge in [0.2, 0.25) is 5.91 Å². The molecule has 3 aromatic rings. The van der Waals surface area contributed by atoms with Gasteiger partial charge in [-0.05, 0) is 42.3 Å². The van der Waals surface area contributed by atoms with Gasteiger partial charge in [-0.25, -0.2) is 4.98 Å². The fraction of sp³-hybridized carbons (Fsp3) is 0.190. The summed E-state index contributed by atoms with van der Waals surface area (Å²) in [5.74, 6) is 0.322. The molecule has 2 amide bonds. The van der Waals surface area contributed by atoms with Crippen molar-refractivity contribution in [2.45, 2.75) is 12.8 Å². The van der Waals surface area contributed by atoms with Crippen molar-refractivity contribution in [2.75, 3.05) is 19.0 Å². The van der Waals surface area contributed by atoms with Crippen molar-refractivity contribution in [3.8, 4) is 5.75 Å². The molecule has 6 nitrogen and oxygen atoms in total. The molecule has 0 atom stereocenters. The highest BCUT2D eigenvalue weighted by Crippen LogP contribution is 2.23. The zero-order chi connectivity index (χ0) is 21.5. The van der Waals surface area contributed by atoms with E-state index in [-0.39, 0.29) is 18.2 Å². The Morgan fingerprint density at radius 3 is 2.57 bits per heavy atom. The van der Waals surface area contributed by atoms with Crippen LogP contribution in [0.2, 0.25) is 10.0 Å². The van der Waals surface area contributed by atoms with Crippen LogP contribution in [0, 0.1) is 0 Å². The molecule has 0 saturated carbocycles. The van der Waals surface area contributed by atoms with Gasteiger partial charge in [-0.3, -0.25) is 14.9 Å². The van der Waals surface area contributed by atoms with E-state index in [0.717, 1.165) is 17.7 Å². The van der Waals surface area contributed by atoms with Crippen LogP contribution in [0.15, 0.2) is 47.8 Å². The van der Waals surface area contributed by atoms with E-state index < -0.39 is 0 Å². The van der Waals surface area contributed by atoms with E-state index in [4.69, 9.17) is 27.9 Å². The van der Waals surface area contributed by atoms with Gasteiger partial charge in [0.15, 0.2) is 5.13 Å². The van der Waals surface area contributed by atoms with Gasteiger partial charge in [0.1, 0.15) is 5.75 Å². The summed E-state index contributed by atoms with van der Waals surface area (Å²) in [7, 11) is 1.62. The van der Waals surface area contributed by atoms with Crippen molar-refractivity contribution in [1.29, 1.82) is 0 Å². The second kappa shape index (κ2) is 10.4. The Bertz CT molecular complexity index is 1040. The topological polar surface area (TPSA) is 80.3 Å². The van der Waals surface area contributed by atoms with Crippen molar-refractivity contribution in [3.05, 3.63) is 74.7 Å². The molecule has 9 heteroatoms. The summed E-state index contributed by atoms with van der Waals surface area (Å²) in [5, 5.41) is 8.40. The molecule has 0 aliphatic carbocycles. The Hall–Kier alpha value is -2.61. The first-order chi connectivity index (χ1) is 14.4. The highest BCUT2D eigenvalue weighted by atomic mass is 35.5. The maximum atomic E-state index is 12.3. The molecular formula is C21H19Cl2N3O3S. The van der Waals surface area contributed by atoms with E-state index >= 15 is 0 Å². The smallest absolute Gasteiger partial charge is 0.257 e. The van der Waals surface area contributed by atoms with Crippen molar-refractivity contribution in [1.82, 2.24) is 10.3 Å². The van der Waals surface area contributed by atoms with Crippen LogP contribution < -0.4 is 15.4 Å². The van der Waals surface area contributed by atoms with Gasteiger partial charge >= 0.3 is 0 Å². The Morgan fingerprint density at radius 1 is 1.10 bits per heavy atom. The Labute approximate surface area is 188 Å². The minimum Gasteiger partial charge on any atom is -0.497 e. The van der Waals surface area contributed by atoms with Gasteiger partial charge in [-0.1, -0.05) is 35.3 Å². The number of aromatic nitrogens is 1. The standard InChI is InChI=1S/C21H19Cl2N3O3S/c1-29-16-5-2-13(3-6-16)8-9-24-19(27)11-15-12-30-21(25-15)26-20(28)14-4-7-17(22)18(23)10-14/h2-7,10,12H,8-9,11H2,1H3,(H,24,27)(H,25,26,28). The Kier molecular flexibility index (Phi) is 7.68. The molecule has 0 aliphatic heterocycles. The monoisotopic (exact) mass is 463 g/mol. The molecule has 1 heterocycles. The lowest BCUT2D eigenvalue weighted by Crippen LogP contribution is -2.27. The lowest BCUT2D eigenvalue weighted by molar-refractivity contribution is -0.120. The number of carbonyl (C=O) groups is 2. The van der Waals surface area contributed by atoms with Gasteiger partial charge in [-0.15, -0.1) is 11.3 Å². The maximum absolute atomic E-state index is 12.3. The average molecular weight is 464 g/mol. The van der Waals surface area contributed by atoms with Gasteiger partial charge in [0, 0.05) is 17.5 Å². The third kappa shape index (κ3) is 6.19. The molecule has 0 aliphatic rings. The van der Waals surface area contributed by atoms with Gasteiger partial charge in [-0.2, -0.15) is 0 Å². The van der Waals surface area contributed by atoms with Crippen LogP contribution in [0.5, 0.6) is 5.75 Å². The molecule has 2 aromatic carbocycles. The Balaban J connectivity index is 1.46. The lowest BCUT2D eigenvalue weighted by Gasteiger charge is -2.05. The fourth-order valence-corrected chi connectivity index (χ4v) is 3.62. The van der Waals surface area contributed by atoms with Gasteiger partial charge in [0.05, 0.1) is 29.3 Å². The minimum absolute atomic E-state index is 0.129. The van der Waals surface area contributed by atoms with Crippen molar-refractivity contribution < 1.29 is 14.3 Å². The highest BCUT2D eigenvalue weighted by Gasteiger charge is 2.12. The van der Waals surface area contributed by atoms with Gasteiger partial charge in [0.25, 0.3) is 5.91 Å². The van der Waals surface area contributed by atoms with Crippen LogP contribution in [0.1, 0.15) is 21.6 Å². The SMILES string of the molecule is COc1ccc(CCNC(=O)Cc2csc(NC(=O)c3ccc(Cl)c(Cl)c3)n2)cc1. The van der Waals surface area contributed by atoms with E-state index in [2.05, 4.69) is 15.6 Å². The number of amides is 2. The van der Waals surface area contributed by atoms with Crippen LogP contribution in [-0.4, -0.2) is 30.5 Å². The van der Waals surface area contributed by atoms with Crippen LogP contribution in [0.4, 0.5) is 5.13 Å². The number of rotatable bonds is 8. The van der Waals surface area contributed by atoms with Crippen LogP contribution >= 0.6 is 34.5 Å². The molecule has 30 heavy (non-hydrogen) atoms. The normalized spacial score (nSPS) is 10.5. The number of ether oxygens (including phenoxy) is 1. The van der Waals surface area contributed by atoms with E-state index in [1.165, 1.54) is 17.4 Å². The Morgan fingerprint density at radius 2 is 1.87 bits per heavy atom. The summed E-state index contributed by atoms with van der Waals surface area (Å²) >= 11 is 13.1. The predicted octanol–water partition coefficient (Wildman–Crippen LogP) is 4.61. The van der Waals surface area contributed by atoms with Crippen LogP contribution in [-0.2, 0) is 17.6 Å². The van der Waals surface area contributed by atoms with Crippen molar-refractivity contribution in [2.24, 2.45) is 0 Å². The number of hydrogen-bond acceptors (Lipinski definition) is 5. The first-order valence-corrected chi connectivity index (χ1v) is 10.7. The highest BCUT2D eigenvalue weighted by molar-refractivity contribution is 7.14. The van der Waals surface area contributed by atoms with Crippen LogP contribution in [0.25, 0.3) is 0 Å². The number of methoxy groups -OCH3 is 1. The summed E-state index contributed by atoms with van der Waals surface area (Å²) in [4.78, 5) is 28.7. The molecule has 0 saturated heterocycles. The molecule has 0 fully saturated rings. The first-order valence-electron chi connectivity index (χ1n) is 9.05. The predicted molar refractivity (Wildman–Crippen MR) is 120 cm³/mol. The maximum Gasteiger partial charge on any atom is 0.257 e. The molecule has 3 rings (SSSR count). The molecule has 1 aromatic heterocycles. The number of nitrogens with zero attached hydrogens (tertiary/aromatic N) is 1. The zero-order valence-corrected chi connectivity index (χ0v) is 18.4. The first kappa shape index (κ1) is 22.1. The molecule has 0 spiro atoms. The van der Waals surface area contributed by atoms with E-state index in [1.807, 2.05) is 24.3 Å². The number of benzene rings is 2. The zero-order valence-electron chi connectivity index (χ0n) is 16.1. The van der Waals surface area contributed by atoms with E-state index in [1.54, 1.807) is 24.6 Å². The van der Waals surface area contributed by atoms with Crippen molar-refractivity contribution >= 4 is 51.5 Å². The number of thiazole rings is 1. The van der Waals surface area contributed by atoms with Crippen molar-refractivity contribution in [3.63, 3.8) is 0 Å². The van der Waals surface area contributed by atoms with Crippen LogP contribution in [0.3, 0.4) is 0 Å². The third-order valence-electron chi connectivity index (χ3n) is 4.19. The fourth-order valence-electron chi connectivity index (χ4n) is 2.62. The van der Waals surface area contributed by atoms with E-state index in [0.29, 0.717) is 33.0 Å². The molecule has 0 radical (unpaired) electrons. The van der Waals surface area contributed by atoms with E-state index in [9.17, 15) is 9.59 Å². The molecule has 0 unspecified atom stereocenters. The summed E-state index contributed by atoms with van der Waals surface area (Å²) < 4.78 is 5.13. The largest absolute Gasteiger partial charge is 0.497 e. The summed E-state index contributed by atoms with van der Waals surface area (Å²) in [6.45, 7) is 0.524.